The van der Waals surface area contributed by atoms with Crippen LogP contribution < -0.4 is 16.4 Å². The number of nitrogen functional groups attached to an aromatic ring is 1. The molecule has 0 bridgehead atoms. The molecule has 0 saturated carbocycles. The van der Waals surface area contributed by atoms with E-state index in [1.807, 2.05) is 128 Å². The minimum atomic E-state index is -0.950. The van der Waals surface area contributed by atoms with E-state index >= 15 is 0 Å². The molecule has 512 valence electrons. The molecule has 12 aromatic rings. The van der Waals surface area contributed by atoms with E-state index in [0.29, 0.717) is 24.3 Å². The van der Waals surface area contributed by atoms with Crippen molar-refractivity contribution in [2.75, 3.05) is 116 Å². The van der Waals surface area contributed by atoms with Crippen molar-refractivity contribution in [1.29, 1.82) is 0 Å². The Morgan fingerprint density at radius 1 is 0.480 bits per heavy atom. The monoisotopic (exact) mass is 1520 g/mol. The minimum Gasteiger partial charge on any atom is -0.478 e. The van der Waals surface area contributed by atoms with Crippen LogP contribution in [0.1, 0.15) is 54.1 Å². The average molecular weight is 1520 g/mol. The van der Waals surface area contributed by atoms with Crippen molar-refractivity contribution in [3.05, 3.63) is 237 Å². The topological polar surface area (TPSA) is 239 Å². The van der Waals surface area contributed by atoms with Crippen LogP contribution in [0.2, 0.25) is 0 Å². The van der Waals surface area contributed by atoms with Gasteiger partial charge in [0.05, 0.1) is 115 Å². The molecule has 0 atom stereocenters. The molecule has 10 heterocycles. The first-order valence-electron chi connectivity index (χ1n) is 32.5. The number of carbonyl (C=O) groups excluding carboxylic acids is 1. The maximum atomic E-state index is 12.7. The number of benzene rings is 6. The summed E-state index contributed by atoms with van der Waals surface area (Å²) in [4.78, 5) is 30.4. The smallest absolute Gasteiger partial charge is 0.338 e. The summed E-state index contributed by atoms with van der Waals surface area (Å²) >= 11 is 10.2. The van der Waals surface area contributed by atoms with Crippen LogP contribution in [0.5, 0.6) is 0 Å². The van der Waals surface area contributed by atoms with E-state index in [1.165, 1.54) is 39.9 Å². The zero-order valence-corrected chi connectivity index (χ0v) is 59.0. The number of fused-ring (bicyclic) bond motifs is 4. The molecule has 16 rings (SSSR count). The van der Waals surface area contributed by atoms with E-state index in [4.69, 9.17) is 47.5 Å². The predicted octanol–water partition coefficient (Wildman–Crippen LogP) is 14.0. The van der Waals surface area contributed by atoms with Crippen molar-refractivity contribution in [3.63, 3.8) is 0 Å². The van der Waals surface area contributed by atoms with Crippen molar-refractivity contribution in [3.8, 4) is 0 Å². The number of nitrogens with one attached hydrogen (secondary N) is 2. The van der Waals surface area contributed by atoms with E-state index < -0.39 is 5.97 Å². The molecular weight excluding hydrogens is 1440 g/mol. The summed E-state index contributed by atoms with van der Waals surface area (Å²) in [5, 5.41) is 28.5. The summed E-state index contributed by atoms with van der Waals surface area (Å²) in [6, 6.07) is 43.6. The molecule has 1 amide bonds. The van der Waals surface area contributed by atoms with Gasteiger partial charge >= 0.3 is 5.97 Å². The number of furan rings is 4. The zero-order chi connectivity index (χ0) is 67.8. The molecule has 24 heteroatoms. The fourth-order valence-corrected chi connectivity index (χ4v) is 12.3. The number of anilines is 2. The second kappa shape index (κ2) is 36.6. The molecule has 0 unspecified atom stereocenters. The van der Waals surface area contributed by atoms with Crippen LogP contribution in [0, 0.1) is 0 Å². The van der Waals surface area contributed by atoms with E-state index in [-0.39, 0.29) is 11.5 Å². The molecule has 0 aliphatic carbocycles. The number of nitrogens with zero attached hydrogens (tertiary/aromatic N) is 7. The quantitative estimate of drug-likeness (QED) is 0.0584. The molecule has 21 nitrogen and oxygen atoms in total. The van der Waals surface area contributed by atoms with Crippen molar-refractivity contribution in [2.24, 2.45) is 0 Å². The summed E-state index contributed by atoms with van der Waals surface area (Å²) < 4.78 is 48.8. The first kappa shape index (κ1) is 71.1. The van der Waals surface area contributed by atoms with Gasteiger partial charge in [0.1, 0.15) is 22.3 Å². The molecule has 6 aromatic carbocycles. The summed E-state index contributed by atoms with van der Waals surface area (Å²) in [7, 11) is 0. The molecule has 4 aliphatic heterocycles. The molecule has 4 fully saturated rings. The standard InChI is InChI=1S/C24H24N4O3.C13H14BrNO2.C13H16N2O2.C11H10N2O2.C9H6Br2O.C4H9NO/c29-24(19-13-25-28(16-19)14-18-4-2-1-3-5-18)26-21-6-7-22-20(17-31-23(22)12-21)15-27-8-10-30-11-9-27;2*14-11-1-2-12-10(9-17-13(12)7-11)8-15-3-5-16-6-4-15;14-11(15)10-6-12-13(8-10)7-9-4-2-1-3-5-9;10-4-6-5-12-9-3-7(11)1-2-8(6)9;1-3-6-4-2-5-1/h1-7,12-13,16-17H,8-11,14-15H2,(H,26,29);1-2,7,9H,3-6,8H2;1-2,7,9H,3-6,8,14H2;1-6,8H,7H2,(H,14,15);1-3,5H,4H2;5H,1-4H2. The number of carboxylic acid groups (broad SMARTS) is 1. The number of hydrogen-bond donors (Lipinski definition) is 4. The number of amides is 1. The van der Waals surface area contributed by atoms with Gasteiger partial charge < -0.3 is 58.1 Å². The maximum absolute atomic E-state index is 12.7. The summed E-state index contributed by atoms with van der Waals surface area (Å²) in [6.07, 6.45) is 13.5. The van der Waals surface area contributed by atoms with Gasteiger partial charge in [-0.1, -0.05) is 108 Å². The van der Waals surface area contributed by atoms with Gasteiger partial charge in [-0.25, -0.2) is 4.79 Å². The average Bonchev–Trinajstić information content (AvgIpc) is 1.69. The van der Waals surface area contributed by atoms with Gasteiger partial charge in [0, 0.05) is 166 Å². The Morgan fingerprint density at radius 3 is 1.31 bits per heavy atom. The number of morpholine rings is 4. The van der Waals surface area contributed by atoms with Gasteiger partial charge in [-0.15, -0.1) is 0 Å². The zero-order valence-electron chi connectivity index (χ0n) is 54.2. The maximum Gasteiger partial charge on any atom is 0.338 e. The first-order valence-corrected chi connectivity index (χ1v) is 35.2. The molecule has 0 spiro atoms. The van der Waals surface area contributed by atoms with Gasteiger partial charge in [0.25, 0.3) is 5.91 Å². The third-order valence-electron chi connectivity index (χ3n) is 16.5. The molecular formula is C74H79Br3N10O11. The Morgan fingerprint density at radius 2 is 0.878 bits per heavy atom. The second-order valence-electron chi connectivity index (χ2n) is 23.5. The minimum absolute atomic E-state index is 0.196. The second-order valence-corrected chi connectivity index (χ2v) is 25.9. The van der Waals surface area contributed by atoms with Gasteiger partial charge in [-0.05, 0) is 71.8 Å². The summed E-state index contributed by atoms with van der Waals surface area (Å²) in [5.41, 5.74) is 18.5. The van der Waals surface area contributed by atoms with Crippen LogP contribution in [-0.4, -0.2) is 156 Å². The normalized spacial score (nSPS) is 15.1. The highest BCUT2D eigenvalue weighted by Gasteiger charge is 2.19. The van der Waals surface area contributed by atoms with Crippen molar-refractivity contribution >= 4 is 115 Å². The lowest BCUT2D eigenvalue weighted by atomic mass is 10.1. The lowest BCUT2D eigenvalue weighted by Crippen LogP contribution is -2.35. The number of aromatic carboxylic acids is 1. The van der Waals surface area contributed by atoms with Crippen molar-refractivity contribution in [1.82, 2.24) is 39.6 Å². The van der Waals surface area contributed by atoms with Crippen molar-refractivity contribution < 1.29 is 51.3 Å². The number of hydrogen-bond acceptors (Lipinski definition) is 17. The Balaban J connectivity index is 0.000000126. The van der Waals surface area contributed by atoms with Gasteiger partial charge in [-0.2, -0.15) is 10.2 Å². The third kappa shape index (κ3) is 20.9. The fraction of sp³-hybridized carbons (Fsp3) is 0.297. The summed E-state index contributed by atoms with van der Waals surface area (Å²) in [6.45, 7) is 18.4. The number of carbonyl (C=O) groups is 2. The highest BCUT2D eigenvalue weighted by Crippen LogP contribution is 2.30. The molecule has 4 saturated heterocycles. The van der Waals surface area contributed by atoms with Gasteiger partial charge in [0.15, 0.2) is 0 Å². The van der Waals surface area contributed by atoms with Crippen LogP contribution in [-0.2, 0) is 57.0 Å². The number of carboxylic acids is 1. The van der Waals surface area contributed by atoms with E-state index in [9.17, 15) is 9.59 Å². The molecule has 98 heavy (non-hydrogen) atoms. The predicted molar refractivity (Wildman–Crippen MR) is 390 cm³/mol. The molecule has 0 radical (unpaired) electrons. The molecule has 4 aliphatic rings. The van der Waals surface area contributed by atoms with E-state index in [2.05, 4.69) is 102 Å². The Bertz CT molecular complexity index is 4330. The SMILES string of the molecule is BrCc1coc2cc(Br)ccc12.Brc1ccc2c(CN3CCOCC3)coc2c1.C1COCCN1.Nc1ccc2c(CN3CCOCC3)coc2c1.O=C(Nc1ccc2c(CN3CCOCC3)coc2c1)c1cnn(Cc2ccccc2)c1.O=C(O)c1cnn(Cc2ccccc2)c1. The number of halogens is 3. The Kier molecular flexibility index (Phi) is 26.5. The van der Waals surface area contributed by atoms with E-state index in [0.717, 1.165) is 195 Å². The largest absolute Gasteiger partial charge is 0.478 e. The van der Waals surface area contributed by atoms with Crippen molar-refractivity contribution in [2.45, 2.75) is 38.1 Å². The Labute approximate surface area is 593 Å². The molecule has 6 aromatic heterocycles. The lowest BCUT2D eigenvalue weighted by Gasteiger charge is -2.26. The van der Waals surface area contributed by atoms with Crippen LogP contribution >= 0.6 is 47.8 Å². The van der Waals surface area contributed by atoms with Gasteiger partial charge in [-0.3, -0.25) is 28.9 Å². The third-order valence-corrected chi connectivity index (χ3v) is 18.1. The lowest BCUT2D eigenvalue weighted by molar-refractivity contribution is 0.0342. The summed E-state index contributed by atoms with van der Waals surface area (Å²) in [5.74, 6) is -1.15. The number of rotatable bonds is 14. The van der Waals surface area contributed by atoms with Crippen LogP contribution in [0.15, 0.2) is 210 Å². The van der Waals surface area contributed by atoms with Crippen LogP contribution in [0.25, 0.3) is 43.9 Å². The van der Waals surface area contributed by atoms with Crippen LogP contribution in [0.4, 0.5) is 11.4 Å². The number of nitrogens with two attached hydrogens (primary N) is 1. The highest BCUT2D eigenvalue weighted by atomic mass is 79.9. The number of alkyl halides is 1. The van der Waals surface area contributed by atoms with Gasteiger partial charge in [0.2, 0.25) is 0 Å². The Hall–Kier alpha value is -8.24. The van der Waals surface area contributed by atoms with Crippen LogP contribution in [0.3, 0.4) is 0 Å². The highest BCUT2D eigenvalue weighted by molar-refractivity contribution is 9.10. The number of ether oxygens (including phenoxy) is 4. The van der Waals surface area contributed by atoms with E-state index in [1.54, 1.807) is 34.3 Å². The fourth-order valence-electron chi connectivity index (χ4n) is 11.2. The molecule has 5 N–H and O–H groups in total. The number of aromatic nitrogens is 4. The first-order chi connectivity index (χ1) is 48.0.